The van der Waals surface area contributed by atoms with Gasteiger partial charge < -0.3 is 5.32 Å². The maximum atomic E-state index is 13.1. The predicted molar refractivity (Wildman–Crippen MR) is 116 cm³/mol. The molecule has 1 N–H and O–H groups in total. The highest BCUT2D eigenvalue weighted by Crippen LogP contribution is 2.23. The summed E-state index contributed by atoms with van der Waals surface area (Å²) in [5.41, 5.74) is 3.06. The van der Waals surface area contributed by atoms with Crippen molar-refractivity contribution >= 4 is 26.8 Å². The molecule has 0 aliphatic heterocycles. The lowest BCUT2D eigenvalue weighted by Gasteiger charge is -2.09. The van der Waals surface area contributed by atoms with E-state index in [1.807, 2.05) is 25.1 Å². The van der Waals surface area contributed by atoms with E-state index in [1.54, 1.807) is 54.9 Å². The van der Waals surface area contributed by atoms with Gasteiger partial charge in [-0.05, 0) is 55.3 Å². The molecule has 2 heterocycles. The van der Waals surface area contributed by atoms with Crippen LogP contribution in [-0.4, -0.2) is 29.8 Å². The van der Waals surface area contributed by atoms with Crippen molar-refractivity contribution in [1.29, 1.82) is 0 Å². The molecule has 0 fully saturated rings. The molecule has 2 aromatic heterocycles. The highest BCUT2D eigenvalue weighted by atomic mass is 32.2. The highest BCUT2D eigenvalue weighted by molar-refractivity contribution is 7.90. The van der Waals surface area contributed by atoms with Crippen molar-refractivity contribution in [3.8, 4) is 0 Å². The lowest BCUT2D eigenvalue weighted by molar-refractivity contribution is 0.0953. The maximum absolute atomic E-state index is 13.1. The minimum atomic E-state index is -3.69. The summed E-state index contributed by atoms with van der Waals surface area (Å²) < 4.78 is 27.5. The third-order valence-corrected chi connectivity index (χ3v) is 6.63. The zero-order valence-electron chi connectivity index (χ0n) is 16.4. The average Bonchev–Trinajstić information content (AvgIpc) is 3.19. The van der Waals surface area contributed by atoms with Crippen molar-refractivity contribution in [2.24, 2.45) is 0 Å². The molecule has 0 saturated carbocycles. The van der Waals surface area contributed by atoms with Crippen LogP contribution >= 0.6 is 0 Å². The van der Waals surface area contributed by atoms with E-state index in [0.717, 1.165) is 16.5 Å². The Morgan fingerprint density at radius 1 is 1.07 bits per heavy atom. The van der Waals surface area contributed by atoms with Gasteiger partial charge >= 0.3 is 0 Å². The normalized spacial score (nSPS) is 11.5. The van der Waals surface area contributed by atoms with Gasteiger partial charge in [0, 0.05) is 30.5 Å². The first kappa shape index (κ1) is 19.8. The van der Waals surface area contributed by atoms with Crippen LogP contribution in [0.15, 0.2) is 84.1 Å². The smallest absolute Gasteiger partial charge is 0.268 e. The number of rotatable bonds is 6. The summed E-state index contributed by atoms with van der Waals surface area (Å²) >= 11 is 0. The van der Waals surface area contributed by atoms with Gasteiger partial charge in [-0.2, -0.15) is 0 Å². The average molecular weight is 420 g/mol. The Balaban J connectivity index is 1.54. The number of pyridine rings is 1. The molecule has 4 rings (SSSR count). The number of hydrogen-bond acceptors (Lipinski definition) is 4. The molecule has 1 amide bonds. The van der Waals surface area contributed by atoms with Crippen molar-refractivity contribution in [1.82, 2.24) is 14.3 Å². The van der Waals surface area contributed by atoms with Crippen molar-refractivity contribution < 1.29 is 13.2 Å². The van der Waals surface area contributed by atoms with Gasteiger partial charge in [-0.1, -0.05) is 29.8 Å². The van der Waals surface area contributed by atoms with Crippen LogP contribution in [0.4, 0.5) is 0 Å². The standard InChI is InChI=1S/C23H21N3O3S/c1-17-4-8-21(9-5-17)30(28,29)26-14-11-19-7-6-18(15-22(19)26)10-13-25-23(27)20-3-2-12-24-16-20/h2-9,11-12,14-16H,10,13H2,1H3,(H,25,27). The van der Waals surface area contributed by atoms with E-state index in [4.69, 9.17) is 0 Å². The lowest BCUT2D eigenvalue weighted by Crippen LogP contribution is -2.25. The van der Waals surface area contributed by atoms with E-state index in [0.29, 0.717) is 24.0 Å². The summed E-state index contributed by atoms with van der Waals surface area (Å²) in [6, 6.07) is 17.7. The van der Waals surface area contributed by atoms with Crippen LogP contribution in [-0.2, 0) is 16.4 Å². The molecule has 4 aromatic rings. The molecule has 0 aliphatic rings. The van der Waals surface area contributed by atoms with E-state index in [9.17, 15) is 13.2 Å². The number of carbonyl (C=O) groups excluding carboxylic acids is 1. The van der Waals surface area contributed by atoms with Gasteiger partial charge in [0.2, 0.25) is 0 Å². The van der Waals surface area contributed by atoms with E-state index in [-0.39, 0.29) is 10.8 Å². The molecule has 6 nitrogen and oxygen atoms in total. The van der Waals surface area contributed by atoms with E-state index >= 15 is 0 Å². The molecule has 0 saturated heterocycles. The van der Waals surface area contributed by atoms with Crippen molar-refractivity contribution in [3.05, 3.63) is 95.9 Å². The SMILES string of the molecule is Cc1ccc(S(=O)(=O)n2ccc3ccc(CCNC(=O)c4cccnc4)cc32)cc1. The molecule has 0 radical (unpaired) electrons. The van der Waals surface area contributed by atoms with Gasteiger partial charge in [-0.3, -0.25) is 9.78 Å². The Bertz CT molecular complexity index is 1290. The second-order valence-corrected chi connectivity index (χ2v) is 8.89. The zero-order chi connectivity index (χ0) is 21.1. The Kier molecular flexibility index (Phi) is 5.37. The number of benzene rings is 2. The summed E-state index contributed by atoms with van der Waals surface area (Å²) in [4.78, 5) is 16.3. The summed E-state index contributed by atoms with van der Waals surface area (Å²) in [5, 5.41) is 3.70. The van der Waals surface area contributed by atoms with Gasteiger partial charge in [0.15, 0.2) is 0 Å². The van der Waals surface area contributed by atoms with Gasteiger partial charge in [-0.25, -0.2) is 12.4 Å². The summed E-state index contributed by atoms with van der Waals surface area (Å²) in [6.45, 7) is 2.35. The Hall–Kier alpha value is -3.45. The number of nitrogens with one attached hydrogen (secondary N) is 1. The van der Waals surface area contributed by atoms with Crippen LogP contribution in [0.1, 0.15) is 21.5 Å². The van der Waals surface area contributed by atoms with Gasteiger partial charge in [0.05, 0.1) is 16.0 Å². The number of nitrogens with zero attached hydrogens (tertiary/aromatic N) is 2. The second kappa shape index (κ2) is 8.12. The van der Waals surface area contributed by atoms with Crippen molar-refractivity contribution in [2.45, 2.75) is 18.2 Å². The second-order valence-electron chi connectivity index (χ2n) is 7.07. The van der Waals surface area contributed by atoms with Crippen LogP contribution in [0.3, 0.4) is 0 Å². The van der Waals surface area contributed by atoms with Gasteiger partial charge in [-0.15, -0.1) is 0 Å². The van der Waals surface area contributed by atoms with Crippen molar-refractivity contribution in [3.63, 3.8) is 0 Å². The van der Waals surface area contributed by atoms with E-state index < -0.39 is 10.0 Å². The Morgan fingerprint density at radius 3 is 2.60 bits per heavy atom. The molecule has 0 unspecified atom stereocenters. The minimum Gasteiger partial charge on any atom is -0.352 e. The molecular weight excluding hydrogens is 398 g/mol. The first-order valence-corrected chi connectivity index (χ1v) is 11.0. The number of carbonyl (C=O) groups is 1. The van der Waals surface area contributed by atoms with Crippen LogP contribution in [0, 0.1) is 6.92 Å². The van der Waals surface area contributed by atoms with E-state index in [1.165, 1.54) is 10.2 Å². The molecule has 152 valence electrons. The fraction of sp³-hybridized carbons (Fsp3) is 0.130. The quantitative estimate of drug-likeness (QED) is 0.518. The number of amides is 1. The highest BCUT2D eigenvalue weighted by Gasteiger charge is 2.18. The molecule has 7 heteroatoms. The monoisotopic (exact) mass is 419 g/mol. The maximum Gasteiger partial charge on any atom is 0.268 e. The Labute approximate surface area is 175 Å². The lowest BCUT2D eigenvalue weighted by atomic mass is 10.1. The van der Waals surface area contributed by atoms with Gasteiger partial charge in [0.25, 0.3) is 15.9 Å². The molecule has 0 spiro atoms. The third-order valence-electron chi connectivity index (χ3n) is 4.92. The molecule has 2 aromatic carbocycles. The summed E-state index contributed by atoms with van der Waals surface area (Å²) in [6.07, 6.45) is 5.29. The molecule has 30 heavy (non-hydrogen) atoms. The first-order chi connectivity index (χ1) is 14.4. The van der Waals surface area contributed by atoms with Crippen molar-refractivity contribution in [2.75, 3.05) is 6.54 Å². The number of aromatic nitrogens is 2. The zero-order valence-corrected chi connectivity index (χ0v) is 17.3. The molecule has 0 aliphatic carbocycles. The summed E-state index contributed by atoms with van der Waals surface area (Å²) in [5.74, 6) is -0.186. The number of hydrogen-bond donors (Lipinski definition) is 1. The largest absolute Gasteiger partial charge is 0.352 e. The number of fused-ring (bicyclic) bond motifs is 1. The predicted octanol–water partition coefficient (Wildman–Crippen LogP) is 3.55. The van der Waals surface area contributed by atoms with Crippen LogP contribution in [0.5, 0.6) is 0 Å². The van der Waals surface area contributed by atoms with Gasteiger partial charge in [0.1, 0.15) is 0 Å². The minimum absolute atomic E-state index is 0.186. The fourth-order valence-corrected chi connectivity index (χ4v) is 4.60. The molecule has 0 bridgehead atoms. The molecule has 0 atom stereocenters. The van der Waals surface area contributed by atoms with Crippen LogP contribution in [0.2, 0.25) is 0 Å². The topological polar surface area (TPSA) is 81.1 Å². The number of aryl methyl sites for hydroxylation is 1. The summed E-state index contributed by atoms with van der Waals surface area (Å²) in [7, 11) is -3.69. The fourth-order valence-electron chi connectivity index (χ4n) is 3.26. The van der Waals surface area contributed by atoms with E-state index in [2.05, 4.69) is 10.3 Å². The third kappa shape index (κ3) is 3.97. The first-order valence-electron chi connectivity index (χ1n) is 9.55. The van der Waals surface area contributed by atoms with Crippen LogP contribution in [0.25, 0.3) is 10.9 Å². The van der Waals surface area contributed by atoms with Crippen LogP contribution < -0.4 is 5.32 Å². The molecular formula is C23H21N3O3S. The Morgan fingerprint density at radius 2 is 1.87 bits per heavy atom.